The molecule has 0 atom stereocenters. The van der Waals surface area contributed by atoms with Gasteiger partial charge in [0.2, 0.25) is 0 Å². The third-order valence-electron chi connectivity index (χ3n) is 3.99. The molecule has 30 heavy (non-hydrogen) atoms. The van der Waals surface area contributed by atoms with Crippen LogP contribution in [-0.2, 0) is 14.3 Å². The van der Waals surface area contributed by atoms with Gasteiger partial charge in [-0.2, -0.15) is 0 Å². The molecule has 1 aromatic carbocycles. The monoisotopic (exact) mass is 449 g/mol. The summed E-state index contributed by atoms with van der Waals surface area (Å²) in [6.07, 6.45) is 2.22. The van der Waals surface area contributed by atoms with Crippen LogP contribution in [0.5, 0.6) is 5.75 Å². The molecule has 6 nitrogen and oxygen atoms in total. The Balaban J connectivity index is 2.47. The molecule has 1 aromatic heterocycles. The number of methoxy groups -OCH3 is 1. The number of thiophene rings is 1. The molecular weight excluding hydrogens is 426 g/mol. The zero-order valence-electron chi connectivity index (χ0n) is 17.3. The van der Waals surface area contributed by atoms with Crippen molar-refractivity contribution in [3.63, 3.8) is 0 Å². The minimum atomic E-state index is -0.607. The number of esters is 1. The molecule has 0 saturated heterocycles. The molecule has 2 rings (SSSR count). The fourth-order valence-electron chi connectivity index (χ4n) is 2.75. The number of carbonyl (C=O) groups excluding carboxylic acids is 3. The second-order valence-electron chi connectivity index (χ2n) is 6.73. The van der Waals surface area contributed by atoms with Gasteiger partial charge in [0, 0.05) is 18.7 Å². The first-order chi connectivity index (χ1) is 14.3. The number of para-hydroxylation sites is 1. The topological polar surface area (TPSA) is 72.9 Å². The van der Waals surface area contributed by atoms with Crippen LogP contribution in [0.3, 0.4) is 0 Å². The van der Waals surface area contributed by atoms with E-state index in [1.807, 2.05) is 13.8 Å². The molecule has 0 aliphatic carbocycles. The molecule has 0 fully saturated rings. The van der Waals surface area contributed by atoms with Crippen molar-refractivity contribution in [3.8, 4) is 5.75 Å². The average Bonchev–Trinajstić information content (AvgIpc) is 3.11. The maximum atomic E-state index is 13.3. The SMILES string of the molecule is CCOC(=O)/C=C/C(=O)N(CC(C)C)c1sc(Cl)cc1C(=O)c1ccccc1OC. The molecule has 0 unspecified atom stereocenters. The van der Waals surface area contributed by atoms with Crippen molar-refractivity contribution in [3.05, 3.63) is 57.9 Å². The summed E-state index contributed by atoms with van der Waals surface area (Å²) in [5, 5.41) is 0.420. The van der Waals surface area contributed by atoms with Gasteiger partial charge in [-0.15, -0.1) is 11.3 Å². The summed E-state index contributed by atoms with van der Waals surface area (Å²) in [7, 11) is 1.49. The molecule has 0 saturated carbocycles. The normalized spacial score (nSPS) is 11.0. The van der Waals surface area contributed by atoms with E-state index < -0.39 is 11.9 Å². The summed E-state index contributed by atoms with van der Waals surface area (Å²) in [6.45, 7) is 6.14. The summed E-state index contributed by atoms with van der Waals surface area (Å²) >= 11 is 7.36. The zero-order chi connectivity index (χ0) is 22.3. The predicted molar refractivity (Wildman–Crippen MR) is 119 cm³/mol. The third kappa shape index (κ3) is 5.93. The molecule has 0 spiro atoms. The minimum Gasteiger partial charge on any atom is -0.496 e. The first-order valence-electron chi connectivity index (χ1n) is 9.41. The summed E-state index contributed by atoms with van der Waals surface area (Å²) in [6, 6.07) is 8.41. The summed E-state index contributed by atoms with van der Waals surface area (Å²) in [5.74, 6) is -0.810. The number of amides is 1. The van der Waals surface area contributed by atoms with Gasteiger partial charge in [-0.25, -0.2) is 4.79 Å². The molecular formula is C22H24ClNO5S. The lowest BCUT2D eigenvalue weighted by Crippen LogP contribution is -2.33. The van der Waals surface area contributed by atoms with E-state index in [1.165, 1.54) is 12.0 Å². The van der Waals surface area contributed by atoms with E-state index in [2.05, 4.69) is 0 Å². The fraction of sp³-hybridized carbons (Fsp3) is 0.318. The number of benzene rings is 1. The number of halogens is 1. The van der Waals surface area contributed by atoms with E-state index >= 15 is 0 Å². The zero-order valence-corrected chi connectivity index (χ0v) is 18.9. The average molecular weight is 450 g/mol. The molecule has 0 radical (unpaired) electrons. The smallest absolute Gasteiger partial charge is 0.330 e. The Morgan fingerprint density at radius 2 is 1.87 bits per heavy atom. The minimum absolute atomic E-state index is 0.111. The largest absolute Gasteiger partial charge is 0.496 e. The molecule has 0 aliphatic heterocycles. The Labute approximate surface area is 185 Å². The van der Waals surface area contributed by atoms with Crippen LogP contribution in [0.4, 0.5) is 5.00 Å². The Bertz CT molecular complexity index is 951. The molecule has 160 valence electrons. The number of rotatable bonds is 9. The molecule has 8 heteroatoms. The lowest BCUT2D eigenvalue weighted by molar-refractivity contribution is -0.137. The molecule has 1 heterocycles. The number of nitrogens with zero attached hydrogens (tertiary/aromatic N) is 1. The van der Waals surface area contributed by atoms with Gasteiger partial charge < -0.3 is 9.47 Å². The van der Waals surface area contributed by atoms with Crippen molar-refractivity contribution in [1.82, 2.24) is 0 Å². The van der Waals surface area contributed by atoms with Gasteiger partial charge in [-0.1, -0.05) is 37.6 Å². The van der Waals surface area contributed by atoms with E-state index in [4.69, 9.17) is 21.1 Å². The van der Waals surface area contributed by atoms with Crippen molar-refractivity contribution in [1.29, 1.82) is 0 Å². The van der Waals surface area contributed by atoms with Crippen LogP contribution in [0, 0.1) is 5.92 Å². The van der Waals surface area contributed by atoms with E-state index in [9.17, 15) is 14.4 Å². The van der Waals surface area contributed by atoms with Gasteiger partial charge in [0.05, 0.1) is 29.2 Å². The number of anilines is 1. The van der Waals surface area contributed by atoms with Gasteiger partial charge in [-0.05, 0) is 31.0 Å². The molecule has 0 bridgehead atoms. The van der Waals surface area contributed by atoms with E-state index in [-0.39, 0.29) is 18.3 Å². The van der Waals surface area contributed by atoms with Crippen LogP contribution in [-0.4, -0.2) is 37.9 Å². The van der Waals surface area contributed by atoms with E-state index in [1.54, 1.807) is 37.3 Å². The van der Waals surface area contributed by atoms with E-state index in [0.29, 0.717) is 32.8 Å². The highest BCUT2D eigenvalue weighted by molar-refractivity contribution is 7.20. The van der Waals surface area contributed by atoms with Gasteiger partial charge in [-0.3, -0.25) is 14.5 Å². The fourth-order valence-corrected chi connectivity index (χ4v) is 3.98. The molecule has 0 N–H and O–H groups in total. The van der Waals surface area contributed by atoms with Crippen LogP contribution >= 0.6 is 22.9 Å². The van der Waals surface area contributed by atoms with Crippen LogP contribution in [0.2, 0.25) is 4.34 Å². The Hall–Kier alpha value is -2.64. The number of hydrogen-bond donors (Lipinski definition) is 0. The first-order valence-corrected chi connectivity index (χ1v) is 10.6. The highest BCUT2D eigenvalue weighted by Crippen LogP contribution is 2.38. The van der Waals surface area contributed by atoms with Crippen molar-refractivity contribution in [2.45, 2.75) is 20.8 Å². The second kappa shape index (κ2) is 10.9. The highest BCUT2D eigenvalue weighted by Gasteiger charge is 2.26. The third-order valence-corrected chi connectivity index (χ3v) is 5.27. The quantitative estimate of drug-likeness (QED) is 0.314. The van der Waals surface area contributed by atoms with Crippen LogP contribution in [0.15, 0.2) is 42.5 Å². The van der Waals surface area contributed by atoms with Crippen molar-refractivity contribution < 1.29 is 23.9 Å². The summed E-state index contributed by atoms with van der Waals surface area (Å²) in [4.78, 5) is 39.2. The van der Waals surface area contributed by atoms with Crippen molar-refractivity contribution in [2.24, 2.45) is 5.92 Å². The van der Waals surface area contributed by atoms with Gasteiger partial charge in [0.1, 0.15) is 10.8 Å². The van der Waals surface area contributed by atoms with Crippen LogP contribution < -0.4 is 9.64 Å². The summed E-state index contributed by atoms with van der Waals surface area (Å²) < 4.78 is 10.5. The van der Waals surface area contributed by atoms with Gasteiger partial charge in [0.25, 0.3) is 5.91 Å². The molecule has 2 aromatic rings. The lowest BCUT2D eigenvalue weighted by atomic mass is 10.0. The van der Waals surface area contributed by atoms with Gasteiger partial charge in [0.15, 0.2) is 5.78 Å². The van der Waals surface area contributed by atoms with Gasteiger partial charge >= 0.3 is 5.97 Å². The van der Waals surface area contributed by atoms with Crippen molar-refractivity contribution in [2.75, 3.05) is 25.2 Å². The van der Waals surface area contributed by atoms with Crippen LogP contribution in [0.25, 0.3) is 0 Å². The molecule has 0 aliphatic rings. The first kappa shape index (κ1) is 23.6. The molecule has 1 amide bonds. The Kier molecular flexibility index (Phi) is 8.62. The maximum Gasteiger partial charge on any atom is 0.330 e. The number of carbonyl (C=O) groups is 3. The number of ketones is 1. The highest BCUT2D eigenvalue weighted by atomic mass is 35.5. The Morgan fingerprint density at radius 1 is 1.17 bits per heavy atom. The number of hydrogen-bond acceptors (Lipinski definition) is 6. The predicted octanol–water partition coefficient (Wildman–Crippen LogP) is 4.75. The van der Waals surface area contributed by atoms with Crippen LogP contribution in [0.1, 0.15) is 36.7 Å². The standard InChI is InChI=1S/C22H24ClNO5S/c1-5-29-20(26)11-10-19(25)24(13-14(2)3)22-16(12-18(23)30-22)21(27)15-8-6-7-9-17(15)28-4/h6-12,14H,5,13H2,1-4H3/b11-10+. The summed E-state index contributed by atoms with van der Waals surface area (Å²) in [5.41, 5.74) is 0.669. The maximum absolute atomic E-state index is 13.3. The second-order valence-corrected chi connectivity index (χ2v) is 8.39. The number of ether oxygens (including phenoxy) is 2. The van der Waals surface area contributed by atoms with E-state index in [0.717, 1.165) is 23.5 Å². The lowest BCUT2D eigenvalue weighted by Gasteiger charge is -2.23. The Morgan fingerprint density at radius 3 is 2.50 bits per heavy atom. The van der Waals surface area contributed by atoms with Crippen molar-refractivity contribution >= 4 is 45.6 Å².